The maximum absolute atomic E-state index is 12.0. The number of carboxylic acids is 2. The average Bonchev–Trinajstić information content (AvgIpc) is 2.34. The molecule has 0 radical (unpaired) electrons. The molecule has 98 valence electrons. The van der Waals surface area contributed by atoms with Gasteiger partial charge in [-0.3, -0.25) is 14.4 Å². The van der Waals surface area contributed by atoms with Crippen molar-refractivity contribution in [2.75, 3.05) is 0 Å². The Labute approximate surface area is 106 Å². The summed E-state index contributed by atoms with van der Waals surface area (Å²) in [5.41, 5.74) is -0.379. The molecule has 0 aliphatic carbocycles. The van der Waals surface area contributed by atoms with E-state index in [1.165, 1.54) is 6.07 Å². The molecule has 2 N–H and O–H groups in total. The van der Waals surface area contributed by atoms with Crippen LogP contribution in [0.5, 0.6) is 0 Å². The van der Waals surface area contributed by atoms with E-state index in [4.69, 9.17) is 10.2 Å². The monoisotopic (exact) mass is 262 g/mol. The quantitative estimate of drug-likeness (QED) is 0.809. The molecule has 7 nitrogen and oxygen atoms in total. The molecule has 0 fully saturated rings. The highest BCUT2D eigenvalue weighted by atomic mass is 16.4. The molecule has 0 aliphatic rings. The summed E-state index contributed by atoms with van der Waals surface area (Å²) < 4.78 is 0.767. The number of carbonyl (C=O) groups is 2. The highest BCUT2D eigenvalue weighted by Gasteiger charge is 2.14. The van der Waals surface area contributed by atoms with Crippen LogP contribution in [0.1, 0.15) is 5.69 Å². The van der Waals surface area contributed by atoms with Crippen LogP contribution in [0.2, 0.25) is 0 Å². The van der Waals surface area contributed by atoms with Crippen LogP contribution in [0.4, 0.5) is 0 Å². The molecule has 7 heteroatoms. The van der Waals surface area contributed by atoms with Crippen LogP contribution >= 0.6 is 0 Å². The highest BCUT2D eigenvalue weighted by molar-refractivity contribution is 5.86. The average molecular weight is 262 g/mol. The van der Waals surface area contributed by atoms with Crippen LogP contribution in [-0.4, -0.2) is 31.9 Å². The van der Waals surface area contributed by atoms with Crippen molar-refractivity contribution < 1.29 is 19.8 Å². The maximum atomic E-state index is 12.0. The standard InChI is InChI=1S/C12H10N2O5/c15-10(16)5-9-7-3-1-2-4-8(7)12(19)14(13-9)6-11(17)18/h1-4H,5-6H2,(H,15,16)(H,17,18). The van der Waals surface area contributed by atoms with E-state index in [0.717, 1.165) is 4.68 Å². The molecular formula is C12H10N2O5. The lowest BCUT2D eigenvalue weighted by molar-refractivity contribution is -0.138. The normalized spacial score (nSPS) is 10.5. The Morgan fingerprint density at radius 3 is 2.32 bits per heavy atom. The molecule has 0 bridgehead atoms. The number of benzene rings is 1. The molecule has 2 rings (SSSR count). The summed E-state index contributed by atoms with van der Waals surface area (Å²) in [5.74, 6) is -2.32. The second kappa shape index (κ2) is 4.89. The van der Waals surface area contributed by atoms with Gasteiger partial charge in [-0.15, -0.1) is 0 Å². The summed E-state index contributed by atoms with van der Waals surface area (Å²) in [7, 11) is 0. The molecule has 0 unspecified atom stereocenters. The molecule has 1 heterocycles. The van der Waals surface area contributed by atoms with Crippen LogP contribution in [0.3, 0.4) is 0 Å². The van der Waals surface area contributed by atoms with E-state index >= 15 is 0 Å². The number of hydrogen-bond acceptors (Lipinski definition) is 4. The zero-order chi connectivity index (χ0) is 14.0. The second-order valence-electron chi connectivity index (χ2n) is 3.92. The molecule has 0 saturated heterocycles. The van der Waals surface area contributed by atoms with E-state index in [1.807, 2.05) is 0 Å². The van der Waals surface area contributed by atoms with E-state index in [1.54, 1.807) is 18.2 Å². The van der Waals surface area contributed by atoms with Gasteiger partial charge in [-0.25, -0.2) is 4.68 Å². The first-order valence-corrected chi connectivity index (χ1v) is 5.41. The molecule has 19 heavy (non-hydrogen) atoms. The predicted octanol–water partition coefficient (Wildman–Crippen LogP) is 0.108. The van der Waals surface area contributed by atoms with Crippen LogP contribution in [0.25, 0.3) is 10.8 Å². The number of aromatic nitrogens is 2. The lowest BCUT2D eigenvalue weighted by Gasteiger charge is -2.07. The number of rotatable bonds is 4. The van der Waals surface area contributed by atoms with E-state index in [-0.39, 0.29) is 17.5 Å². The second-order valence-corrected chi connectivity index (χ2v) is 3.92. The molecule has 0 aliphatic heterocycles. The van der Waals surface area contributed by atoms with Gasteiger partial charge >= 0.3 is 11.9 Å². The maximum Gasteiger partial charge on any atom is 0.325 e. The summed E-state index contributed by atoms with van der Waals surface area (Å²) in [5, 5.41) is 22.1. The van der Waals surface area contributed by atoms with Crippen molar-refractivity contribution in [3.63, 3.8) is 0 Å². The minimum atomic E-state index is -1.22. The Morgan fingerprint density at radius 1 is 1.11 bits per heavy atom. The fourth-order valence-corrected chi connectivity index (χ4v) is 1.81. The predicted molar refractivity (Wildman–Crippen MR) is 65.0 cm³/mol. The molecule has 1 aromatic heterocycles. The first-order chi connectivity index (χ1) is 8.99. The summed E-state index contributed by atoms with van der Waals surface area (Å²) >= 11 is 0. The molecule has 1 aromatic carbocycles. The van der Waals surface area contributed by atoms with E-state index in [9.17, 15) is 14.4 Å². The SMILES string of the molecule is O=C(O)Cc1nn(CC(=O)O)c(=O)c2ccccc12. The van der Waals surface area contributed by atoms with Crippen molar-refractivity contribution in [3.8, 4) is 0 Å². The van der Waals surface area contributed by atoms with Gasteiger partial charge in [0.05, 0.1) is 17.5 Å². The molecule has 0 amide bonds. The van der Waals surface area contributed by atoms with Gasteiger partial charge in [-0.1, -0.05) is 18.2 Å². The van der Waals surface area contributed by atoms with Gasteiger partial charge in [0, 0.05) is 5.39 Å². The van der Waals surface area contributed by atoms with Crippen molar-refractivity contribution in [3.05, 3.63) is 40.3 Å². The summed E-state index contributed by atoms with van der Waals surface area (Å²) in [6.07, 6.45) is -0.375. The van der Waals surface area contributed by atoms with Crippen molar-refractivity contribution in [2.45, 2.75) is 13.0 Å². The highest BCUT2D eigenvalue weighted by Crippen LogP contribution is 2.13. The zero-order valence-electron chi connectivity index (χ0n) is 9.74. The number of fused-ring (bicyclic) bond motifs is 1. The summed E-state index contributed by atoms with van der Waals surface area (Å²) in [6.45, 7) is -0.601. The summed E-state index contributed by atoms with van der Waals surface area (Å²) in [6, 6.07) is 6.39. The number of aliphatic carboxylic acids is 2. The fraction of sp³-hybridized carbons (Fsp3) is 0.167. The molecular weight excluding hydrogens is 252 g/mol. The van der Waals surface area contributed by atoms with Gasteiger partial charge in [0.15, 0.2) is 0 Å². The molecule has 0 saturated carbocycles. The van der Waals surface area contributed by atoms with Crippen molar-refractivity contribution >= 4 is 22.7 Å². The minimum absolute atomic E-state index is 0.170. The number of nitrogens with zero attached hydrogens (tertiary/aromatic N) is 2. The van der Waals surface area contributed by atoms with Crippen molar-refractivity contribution in [1.29, 1.82) is 0 Å². The Balaban J connectivity index is 2.71. The van der Waals surface area contributed by atoms with Crippen molar-refractivity contribution in [1.82, 2.24) is 9.78 Å². The Hall–Kier alpha value is -2.70. The molecule has 0 atom stereocenters. The Morgan fingerprint density at radius 2 is 1.74 bits per heavy atom. The third-order valence-electron chi connectivity index (χ3n) is 2.55. The van der Waals surface area contributed by atoms with Gasteiger partial charge in [0.1, 0.15) is 6.54 Å². The van der Waals surface area contributed by atoms with Crippen LogP contribution < -0.4 is 5.56 Å². The van der Waals surface area contributed by atoms with E-state index in [2.05, 4.69) is 5.10 Å². The molecule has 2 aromatic rings. The van der Waals surface area contributed by atoms with E-state index in [0.29, 0.717) is 5.39 Å². The smallest absolute Gasteiger partial charge is 0.325 e. The topological polar surface area (TPSA) is 109 Å². The zero-order valence-corrected chi connectivity index (χ0v) is 9.74. The number of carboxylic acid groups (broad SMARTS) is 2. The molecule has 0 spiro atoms. The Bertz CT molecular complexity index is 720. The van der Waals surface area contributed by atoms with Gasteiger partial charge in [-0.05, 0) is 6.07 Å². The van der Waals surface area contributed by atoms with Gasteiger partial charge in [0.2, 0.25) is 0 Å². The van der Waals surface area contributed by atoms with Gasteiger partial charge in [0.25, 0.3) is 5.56 Å². The third-order valence-corrected chi connectivity index (χ3v) is 2.55. The Kier molecular flexibility index (Phi) is 3.28. The van der Waals surface area contributed by atoms with E-state index < -0.39 is 24.0 Å². The lowest BCUT2D eigenvalue weighted by atomic mass is 10.1. The van der Waals surface area contributed by atoms with Crippen LogP contribution in [0, 0.1) is 0 Å². The minimum Gasteiger partial charge on any atom is -0.481 e. The summed E-state index contributed by atoms with van der Waals surface area (Å²) in [4.78, 5) is 33.5. The number of hydrogen-bond donors (Lipinski definition) is 2. The third kappa shape index (κ3) is 2.59. The van der Waals surface area contributed by atoms with Crippen LogP contribution in [0.15, 0.2) is 29.1 Å². The first-order valence-electron chi connectivity index (χ1n) is 5.41. The van der Waals surface area contributed by atoms with Gasteiger partial charge in [-0.2, -0.15) is 5.10 Å². The fourth-order valence-electron chi connectivity index (χ4n) is 1.81. The van der Waals surface area contributed by atoms with Crippen LogP contribution in [-0.2, 0) is 22.6 Å². The largest absolute Gasteiger partial charge is 0.481 e. The van der Waals surface area contributed by atoms with Crippen molar-refractivity contribution in [2.24, 2.45) is 0 Å². The first kappa shape index (κ1) is 12.7. The lowest BCUT2D eigenvalue weighted by Crippen LogP contribution is -2.28. The van der Waals surface area contributed by atoms with Gasteiger partial charge < -0.3 is 10.2 Å².